The number of nitrogens with zero attached hydrogens (tertiary/aromatic N) is 1. The predicted molar refractivity (Wildman–Crippen MR) is 61.5 cm³/mol. The van der Waals surface area contributed by atoms with Gasteiger partial charge in [0.1, 0.15) is 6.04 Å². The first-order valence-electron chi connectivity index (χ1n) is 5.60. The molecular formula is C11H18N2O4. The Kier molecular flexibility index (Phi) is 4.96. The van der Waals surface area contributed by atoms with Crippen LogP contribution in [-0.2, 0) is 4.79 Å². The monoisotopic (exact) mass is 242 g/mol. The van der Waals surface area contributed by atoms with Crippen molar-refractivity contribution in [3.05, 3.63) is 12.7 Å². The first kappa shape index (κ1) is 13.5. The lowest BCUT2D eigenvalue weighted by molar-refractivity contribution is -0.139. The number of hydrogen-bond acceptors (Lipinski definition) is 3. The van der Waals surface area contributed by atoms with Crippen LogP contribution in [0.5, 0.6) is 0 Å². The zero-order chi connectivity index (χ0) is 12.8. The molecule has 1 rings (SSSR count). The molecule has 6 nitrogen and oxygen atoms in total. The number of hydrogen-bond donors (Lipinski definition) is 3. The largest absolute Gasteiger partial charge is 0.480 e. The first-order valence-corrected chi connectivity index (χ1v) is 5.60. The van der Waals surface area contributed by atoms with Gasteiger partial charge in [0.25, 0.3) is 0 Å². The molecule has 1 fully saturated rings. The fourth-order valence-corrected chi connectivity index (χ4v) is 1.59. The summed E-state index contributed by atoms with van der Waals surface area (Å²) in [5.74, 6) is -0.973. The summed E-state index contributed by atoms with van der Waals surface area (Å²) in [4.78, 5) is 24.0. The summed E-state index contributed by atoms with van der Waals surface area (Å²) < 4.78 is 0. The van der Waals surface area contributed by atoms with Crippen LogP contribution in [0, 0.1) is 5.92 Å². The molecular weight excluding hydrogens is 224 g/mol. The number of amides is 2. The number of aliphatic carboxylic acids is 1. The lowest BCUT2D eigenvalue weighted by Crippen LogP contribution is -2.49. The number of carbonyl (C=O) groups excluding carboxylic acids is 1. The predicted octanol–water partition coefficient (Wildman–Crippen LogP) is 0.0395. The third-order valence-corrected chi connectivity index (χ3v) is 2.65. The zero-order valence-corrected chi connectivity index (χ0v) is 9.63. The second-order valence-electron chi connectivity index (χ2n) is 4.06. The fraction of sp³-hybridized carbons (Fsp3) is 0.636. The van der Waals surface area contributed by atoms with Gasteiger partial charge in [-0.25, -0.2) is 9.59 Å². The number of nitrogens with one attached hydrogen (secondary N) is 1. The number of carboxylic acids is 1. The number of carbonyl (C=O) groups is 2. The number of aliphatic hydroxyl groups is 1. The van der Waals surface area contributed by atoms with Gasteiger partial charge in [0.15, 0.2) is 0 Å². The van der Waals surface area contributed by atoms with Crippen LogP contribution in [0.3, 0.4) is 0 Å². The molecule has 1 aliphatic carbocycles. The molecule has 0 spiro atoms. The lowest BCUT2D eigenvalue weighted by Gasteiger charge is -2.23. The second kappa shape index (κ2) is 6.24. The zero-order valence-electron chi connectivity index (χ0n) is 9.63. The van der Waals surface area contributed by atoms with Gasteiger partial charge in [-0.15, -0.1) is 6.58 Å². The summed E-state index contributed by atoms with van der Waals surface area (Å²) in [5, 5.41) is 20.3. The average molecular weight is 242 g/mol. The van der Waals surface area contributed by atoms with Crippen LogP contribution in [0.2, 0.25) is 0 Å². The van der Waals surface area contributed by atoms with Crippen molar-refractivity contribution in [1.29, 1.82) is 0 Å². The van der Waals surface area contributed by atoms with Gasteiger partial charge in [0.05, 0.1) is 6.61 Å². The van der Waals surface area contributed by atoms with Crippen LogP contribution in [0.15, 0.2) is 12.7 Å². The molecule has 17 heavy (non-hydrogen) atoms. The van der Waals surface area contributed by atoms with Crippen molar-refractivity contribution in [1.82, 2.24) is 10.2 Å². The van der Waals surface area contributed by atoms with Gasteiger partial charge in [-0.05, 0) is 18.8 Å². The lowest BCUT2D eigenvalue weighted by atomic mass is 10.2. The maximum absolute atomic E-state index is 11.8. The molecule has 0 aromatic carbocycles. The number of urea groups is 1. The minimum absolute atomic E-state index is 0.0381. The Balaban J connectivity index is 2.53. The van der Waals surface area contributed by atoms with Crippen molar-refractivity contribution in [2.45, 2.75) is 18.9 Å². The molecule has 0 saturated heterocycles. The van der Waals surface area contributed by atoms with Gasteiger partial charge < -0.3 is 20.4 Å². The molecule has 6 heteroatoms. The standard InChI is InChI=1S/C11H18N2O4/c1-2-5-13(6-7-14)11(17)12-9(10(15)16)8-3-4-8/h2,8-9,14H,1,3-7H2,(H,12,17)(H,15,16). The van der Waals surface area contributed by atoms with Gasteiger partial charge in [0.2, 0.25) is 0 Å². The second-order valence-corrected chi connectivity index (χ2v) is 4.06. The van der Waals surface area contributed by atoms with Gasteiger partial charge in [0, 0.05) is 13.1 Å². The molecule has 1 aliphatic rings. The Morgan fingerprint density at radius 3 is 2.59 bits per heavy atom. The Morgan fingerprint density at radius 2 is 2.18 bits per heavy atom. The van der Waals surface area contributed by atoms with E-state index in [1.165, 1.54) is 11.0 Å². The third-order valence-electron chi connectivity index (χ3n) is 2.65. The Morgan fingerprint density at radius 1 is 1.53 bits per heavy atom. The van der Waals surface area contributed by atoms with Crippen molar-refractivity contribution in [3.63, 3.8) is 0 Å². The van der Waals surface area contributed by atoms with E-state index in [2.05, 4.69) is 11.9 Å². The molecule has 0 aromatic heterocycles. The highest BCUT2D eigenvalue weighted by Gasteiger charge is 2.37. The van der Waals surface area contributed by atoms with E-state index in [-0.39, 0.29) is 25.6 Å². The average Bonchev–Trinajstić information content (AvgIpc) is 3.08. The van der Waals surface area contributed by atoms with E-state index in [1.54, 1.807) is 0 Å². The highest BCUT2D eigenvalue weighted by atomic mass is 16.4. The van der Waals surface area contributed by atoms with E-state index in [9.17, 15) is 9.59 Å². The third kappa shape index (κ3) is 4.07. The van der Waals surface area contributed by atoms with Crippen molar-refractivity contribution in [2.24, 2.45) is 5.92 Å². The Bertz CT molecular complexity index is 302. The van der Waals surface area contributed by atoms with E-state index in [0.717, 1.165) is 12.8 Å². The first-order chi connectivity index (χ1) is 8.10. The molecule has 1 atom stereocenters. The topological polar surface area (TPSA) is 89.9 Å². The quantitative estimate of drug-likeness (QED) is 0.550. The molecule has 0 heterocycles. The van der Waals surface area contributed by atoms with Crippen molar-refractivity contribution in [2.75, 3.05) is 19.7 Å². The Hall–Kier alpha value is -1.56. The van der Waals surface area contributed by atoms with Crippen molar-refractivity contribution >= 4 is 12.0 Å². The molecule has 0 radical (unpaired) electrons. The minimum atomic E-state index is -1.01. The van der Waals surface area contributed by atoms with Gasteiger partial charge in [-0.3, -0.25) is 0 Å². The van der Waals surface area contributed by atoms with Gasteiger partial charge in [-0.1, -0.05) is 6.08 Å². The van der Waals surface area contributed by atoms with E-state index >= 15 is 0 Å². The summed E-state index contributed by atoms with van der Waals surface area (Å²) in [5.41, 5.74) is 0. The van der Waals surface area contributed by atoms with Crippen LogP contribution in [0.4, 0.5) is 4.79 Å². The van der Waals surface area contributed by atoms with E-state index in [0.29, 0.717) is 0 Å². The number of carboxylic acid groups (broad SMARTS) is 1. The summed E-state index contributed by atoms with van der Waals surface area (Å²) in [6.07, 6.45) is 3.19. The van der Waals surface area contributed by atoms with Crippen LogP contribution in [-0.4, -0.2) is 52.9 Å². The summed E-state index contributed by atoms with van der Waals surface area (Å²) in [6, 6.07) is -1.30. The summed E-state index contributed by atoms with van der Waals surface area (Å²) in [6.45, 7) is 3.79. The van der Waals surface area contributed by atoms with E-state index in [4.69, 9.17) is 10.2 Å². The smallest absolute Gasteiger partial charge is 0.326 e. The Labute approximate surface area is 99.9 Å². The van der Waals surface area contributed by atoms with Crippen LogP contribution < -0.4 is 5.32 Å². The van der Waals surface area contributed by atoms with Crippen molar-refractivity contribution in [3.8, 4) is 0 Å². The van der Waals surface area contributed by atoms with Gasteiger partial charge in [-0.2, -0.15) is 0 Å². The summed E-state index contributed by atoms with van der Waals surface area (Å²) in [7, 11) is 0. The molecule has 2 amide bonds. The number of rotatable bonds is 7. The van der Waals surface area contributed by atoms with Gasteiger partial charge >= 0.3 is 12.0 Å². The molecule has 0 aromatic rings. The van der Waals surface area contributed by atoms with Crippen molar-refractivity contribution < 1.29 is 19.8 Å². The highest BCUT2D eigenvalue weighted by molar-refractivity contribution is 5.83. The summed E-state index contributed by atoms with van der Waals surface area (Å²) >= 11 is 0. The van der Waals surface area contributed by atoms with E-state index in [1.807, 2.05) is 0 Å². The molecule has 1 unspecified atom stereocenters. The van der Waals surface area contributed by atoms with Crippen LogP contribution in [0.1, 0.15) is 12.8 Å². The molecule has 3 N–H and O–H groups in total. The normalized spacial score (nSPS) is 16.1. The minimum Gasteiger partial charge on any atom is -0.480 e. The molecule has 0 aliphatic heterocycles. The SMILES string of the molecule is C=CCN(CCO)C(=O)NC(C(=O)O)C1CC1. The molecule has 1 saturated carbocycles. The maximum atomic E-state index is 11.8. The number of aliphatic hydroxyl groups excluding tert-OH is 1. The fourth-order valence-electron chi connectivity index (χ4n) is 1.59. The molecule has 0 bridgehead atoms. The molecule has 96 valence electrons. The maximum Gasteiger partial charge on any atom is 0.326 e. The highest BCUT2D eigenvalue weighted by Crippen LogP contribution is 2.32. The van der Waals surface area contributed by atoms with E-state index < -0.39 is 18.0 Å². The van der Waals surface area contributed by atoms with Crippen LogP contribution >= 0.6 is 0 Å². The van der Waals surface area contributed by atoms with Crippen LogP contribution in [0.25, 0.3) is 0 Å².